The van der Waals surface area contributed by atoms with Gasteiger partial charge in [-0.05, 0) is 24.5 Å². The maximum absolute atomic E-state index is 13.0. The molecule has 6 nitrogen and oxygen atoms in total. The molecule has 0 saturated carbocycles. The second-order valence-corrected chi connectivity index (χ2v) is 8.54. The van der Waals surface area contributed by atoms with Gasteiger partial charge in [0.25, 0.3) is 0 Å². The molecular weight excluding hydrogens is 394 g/mol. The first-order valence-corrected chi connectivity index (χ1v) is 11.3. The molecule has 30 heavy (non-hydrogen) atoms. The van der Waals surface area contributed by atoms with Crippen LogP contribution in [0.15, 0.2) is 54.6 Å². The lowest BCUT2D eigenvalue weighted by atomic mass is 10.0. The maximum Gasteiger partial charge on any atom is 0.241 e. The summed E-state index contributed by atoms with van der Waals surface area (Å²) < 4.78 is 4.53. The van der Waals surface area contributed by atoms with Crippen LogP contribution in [0.25, 0.3) is 11.4 Å². The summed E-state index contributed by atoms with van der Waals surface area (Å²) in [7, 11) is 0. The summed E-state index contributed by atoms with van der Waals surface area (Å²) >= 11 is 1.45. The molecule has 0 N–H and O–H groups in total. The fourth-order valence-corrected chi connectivity index (χ4v) is 4.95. The number of rotatable bonds is 4. The van der Waals surface area contributed by atoms with Crippen LogP contribution in [0, 0.1) is 0 Å². The topological polar surface area (TPSA) is 52.6 Å². The van der Waals surface area contributed by atoms with Gasteiger partial charge < -0.3 is 9.80 Å². The van der Waals surface area contributed by atoms with Gasteiger partial charge in [-0.1, -0.05) is 48.5 Å². The number of nitrogens with zero attached hydrogens (tertiary/aromatic N) is 5. The van der Waals surface area contributed by atoms with Gasteiger partial charge in [0.05, 0.1) is 6.54 Å². The molecule has 3 heterocycles. The Hall–Kier alpha value is -2.77. The van der Waals surface area contributed by atoms with Crippen molar-refractivity contribution in [3.8, 4) is 11.4 Å². The van der Waals surface area contributed by atoms with E-state index in [0.717, 1.165) is 67.8 Å². The molecule has 0 spiro atoms. The number of carbonyl (C=O) groups is 1. The Morgan fingerprint density at radius 3 is 2.53 bits per heavy atom. The lowest BCUT2D eigenvalue weighted by Crippen LogP contribution is -2.50. The van der Waals surface area contributed by atoms with Crippen molar-refractivity contribution in [3.05, 3.63) is 60.2 Å². The average Bonchev–Trinajstić information content (AvgIpc) is 3.30. The minimum absolute atomic E-state index is 0.206. The molecule has 0 atom stereocenters. The lowest BCUT2D eigenvalue weighted by molar-refractivity contribution is -0.119. The van der Waals surface area contributed by atoms with Crippen molar-refractivity contribution < 1.29 is 4.79 Å². The summed E-state index contributed by atoms with van der Waals surface area (Å²) in [6, 6.07) is 18.4. The van der Waals surface area contributed by atoms with Crippen molar-refractivity contribution in [2.24, 2.45) is 0 Å². The number of para-hydroxylation sites is 1. The first-order valence-electron chi connectivity index (χ1n) is 10.5. The third-order valence-corrected chi connectivity index (χ3v) is 6.64. The van der Waals surface area contributed by atoms with Crippen LogP contribution in [0.1, 0.15) is 12.0 Å². The minimum Gasteiger partial charge on any atom is -0.344 e. The largest absolute Gasteiger partial charge is 0.344 e. The first kappa shape index (κ1) is 19.2. The molecule has 7 heteroatoms. The summed E-state index contributed by atoms with van der Waals surface area (Å²) in [5.74, 6) is 0.995. The molecule has 0 unspecified atom stereocenters. The van der Waals surface area contributed by atoms with Crippen molar-refractivity contribution in [3.63, 3.8) is 0 Å². The van der Waals surface area contributed by atoms with Gasteiger partial charge in [-0.2, -0.15) is 9.36 Å². The van der Waals surface area contributed by atoms with E-state index in [1.54, 1.807) is 0 Å². The van der Waals surface area contributed by atoms with Gasteiger partial charge in [-0.25, -0.2) is 0 Å². The number of piperazine rings is 1. The van der Waals surface area contributed by atoms with E-state index in [1.165, 1.54) is 17.1 Å². The molecule has 2 aliphatic rings. The van der Waals surface area contributed by atoms with Gasteiger partial charge in [0, 0.05) is 55.5 Å². The normalized spacial score (nSPS) is 17.1. The molecule has 2 aromatic carbocycles. The van der Waals surface area contributed by atoms with Crippen LogP contribution in [0.4, 0.5) is 10.8 Å². The van der Waals surface area contributed by atoms with E-state index < -0.39 is 0 Å². The number of aromatic nitrogens is 2. The highest BCUT2D eigenvalue weighted by Crippen LogP contribution is 2.27. The highest BCUT2D eigenvalue weighted by molar-refractivity contribution is 7.09. The zero-order valence-corrected chi connectivity index (χ0v) is 17.7. The zero-order chi connectivity index (χ0) is 20.3. The Morgan fingerprint density at radius 2 is 1.70 bits per heavy atom. The number of amides is 1. The van der Waals surface area contributed by atoms with E-state index in [4.69, 9.17) is 4.98 Å². The molecular formula is C23H25N5OS. The van der Waals surface area contributed by atoms with Crippen molar-refractivity contribution in [2.45, 2.75) is 12.8 Å². The van der Waals surface area contributed by atoms with E-state index in [9.17, 15) is 4.79 Å². The van der Waals surface area contributed by atoms with E-state index in [0.29, 0.717) is 6.54 Å². The summed E-state index contributed by atoms with van der Waals surface area (Å²) in [4.78, 5) is 24.2. The second kappa shape index (κ2) is 8.53. The molecule has 0 radical (unpaired) electrons. The Kier molecular flexibility index (Phi) is 5.46. The van der Waals surface area contributed by atoms with E-state index in [1.807, 2.05) is 41.3 Å². The van der Waals surface area contributed by atoms with Gasteiger partial charge >= 0.3 is 0 Å². The predicted octanol–water partition coefficient (Wildman–Crippen LogP) is 3.31. The molecule has 1 fully saturated rings. The van der Waals surface area contributed by atoms with E-state index in [2.05, 4.69) is 32.4 Å². The van der Waals surface area contributed by atoms with Gasteiger partial charge in [0.15, 0.2) is 5.82 Å². The van der Waals surface area contributed by atoms with Crippen LogP contribution in [-0.4, -0.2) is 59.4 Å². The summed E-state index contributed by atoms with van der Waals surface area (Å²) in [5, 5.41) is 0.963. The van der Waals surface area contributed by atoms with Gasteiger partial charge in [-0.3, -0.25) is 9.69 Å². The van der Waals surface area contributed by atoms with Gasteiger partial charge in [-0.15, -0.1) is 0 Å². The monoisotopic (exact) mass is 419 g/mol. The number of hydrogen-bond donors (Lipinski definition) is 0. The van der Waals surface area contributed by atoms with Gasteiger partial charge in [0.2, 0.25) is 11.0 Å². The van der Waals surface area contributed by atoms with Crippen LogP contribution in [0.3, 0.4) is 0 Å². The van der Waals surface area contributed by atoms with Crippen LogP contribution < -0.4 is 9.80 Å². The molecule has 1 saturated heterocycles. The van der Waals surface area contributed by atoms with Crippen molar-refractivity contribution in [2.75, 3.05) is 49.1 Å². The number of benzene rings is 2. The maximum atomic E-state index is 13.0. The molecule has 2 aliphatic heterocycles. The Labute approximate surface area is 180 Å². The Bertz CT molecular complexity index is 1010. The predicted molar refractivity (Wildman–Crippen MR) is 121 cm³/mol. The number of anilines is 2. The molecule has 0 bridgehead atoms. The van der Waals surface area contributed by atoms with Crippen LogP contribution in [-0.2, 0) is 11.2 Å². The Morgan fingerprint density at radius 1 is 0.933 bits per heavy atom. The number of fused-ring (bicyclic) bond motifs is 1. The van der Waals surface area contributed by atoms with Crippen LogP contribution in [0.2, 0.25) is 0 Å². The highest BCUT2D eigenvalue weighted by Gasteiger charge is 2.26. The summed E-state index contributed by atoms with van der Waals surface area (Å²) in [6.45, 7) is 4.76. The first-order chi connectivity index (χ1) is 14.8. The fourth-order valence-electron chi connectivity index (χ4n) is 4.21. The highest BCUT2D eigenvalue weighted by atomic mass is 32.1. The molecule has 3 aromatic rings. The van der Waals surface area contributed by atoms with Crippen LogP contribution >= 0.6 is 11.5 Å². The number of carbonyl (C=O) groups excluding carboxylic acids is 1. The average molecular weight is 420 g/mol. The molecule has 154 valence electrons. The number of hydrogen-bond acceptors (Lipinski definition) is 6. The molecule has 5 rings (SSSR count). The van der Waals surface area contributed by atoms with Crippen molar-refractivity contribution >= 4 is 28.3 Å². The fraction of sp³-hybridized carbons (Fsp3) is 0.348. The summed E-state index contributed by atoms with van der Waals surface area (Å²) in [6.07, 6.45) is 2.10. The number of aryl methyl sites for hydroxylation is 1. The lowest BCUT2D eigenvalue weighted by Gasteiger charge is -2.36. The van der Waals surface area contributed by atoms with Crippen molar-refractivity contribution in [1.82, 2.24) is 14.3 Å². The zero-order valence-electron chi connectivity index (χ0n) is 16.9. The standard InChI is InChI=1S/C23H25N5OS/c29-21(28-12-6-10-18-7-4-5-11-20(18)28)17-26-13-15-27(16-14-26)23-24-22(25-30-23)19-8-2-1-3-9-19/h1-5,7-9,11H,6,10,12-17H2. The SMILES string of the molecule is O=C(CN1CCN(c2nc(-c3ccccc3)ns2)CC1)N1CCCc2ccccc21. The molecule has 1 amide bonds. The molecule has 1 aromatic heterocycles. The van der Waals surface area contributed by atoms with E-state index >= 15 is 0 Å². The third kappa shape index (κ3) is 3.95. The van der Waals surface area contributed by atoms with Crippen molar-refractivity contribution in [1.29, 1.82) is 0 Å². The smallest absolute Gasteiger partial charge is 0.241 e. The second-order valence-electron chi connectivity index (χ2n) is 7.81. The van der Waals surface area contributed by atoms with Crippen LogP contribution in [0.5, 0.6) is 0 Å². The quantitative estimate of drug-likeness (QED) is 0.649. The summed E-state index contributed by atoms with van der Waals surface area (Å²) in [5.41, 5.74) is 3.42. The van der Waals surface area contributed by atoms with E-state index in [-0.39, 0.29) is 5.91 Å². The third-order valence-electron chi connectivity index (χ3n) is 5.86. The molecule has 0 aliphatic carbocycles. The Balaban J connectivity index is 1.18. The van der Waals surface area contributed by atoms with Gasteiger partial charge in [0.1, 0.15) is 0 Å². The minimum atomic E-state index is 0.206.